The molecule has 0 atom stereocenters. The van der Waals surface area contributed by atoms with Gasteiger partial charge in [0.25, 0.3) is 5.91 Å². The van der Waals surface area contributed by atoms with Crippen LogP contribution in [0.3, 0.4) is 0 Å². The minimum Gasteiger partial charge on any atom is -0.455 e. The van der Waals surface area contributed by atoms with Crippen molar-refractivity contribution < 1.29 is 19.1 Å². The Morgan fingerprint density at radius 3 is 2.62 bits per heavy atom. The highest BCUT2D eigenvalue weighted by Crippen LogP contribution is 2.27. The van der Waals surface area contributed by atoms with Crippen molar-refractivity contribution in [3.8, 4) is 0 Å². The number of carbonyl (C=O) groups is 3. The molecule has 0 aromatic heterocycles. The predicted molar refractivity (Wildman–Crippen MR) is 93.4 cm³/mol. The van der Waals surface area contributed by atoms with E-state index in [0.29, 0.717) is 5.69 Å². The van der Waals surface area contributed by atoms with Crippen LogP contribution in [0.5, 0.6) is 0 Å². The fourth-order valence-corrected chi connectivity index (χ4v) is 2.74. The molecule has 1 aliphatic carbocycles. The lowest BCUT2D eigenvalue weighted by Crippen LogP contribution is -2.38. The van der Waals surface area contributed by atoms with Gasteiger partial charge in [-0.2, -0.15) is 0 Å². The smallest absolute Gasteiger partial charge is 0.309 e. The molecule has 130 valence electrons. The molecule has 0 spiro atoms. The normalized spacial score (nSPS) is 13.8. The average Bonchev–Trinajstić information content (AvgIpc) is 2.45. The maximum Gasteiger partial charge on any atom is 0.309 e. The van der Waals surface area contributed by atoms with Crippen LogP contribution < -0.4 is 5.32 Å². The number of benzene rings is 1. The first-order chi connectivity index (χ1) is 11.4. The van der Waals surface area contributed by atoms with Gasteiger partial charge in [0.15, 0.2) is 6.61 Å². The number of rotatable bonds is 6. The molecule has 2 amide bonds. The Bertz CT molecular complexity index is 643. The lowest BCUT2D eigenvalue weighted by atomic mass is 9.86. The average molecular weight is 397 g/mol. The lowest BCUT2D eigenvalue weighted by Gasteiger charge is -2.23. The minimum atomic E-state index is -0.398. The summed E-state index contributed by atoms with van der Waals surface area (Å²) < 4.78 is 5.92. The van der Waals surface area contributed by atoms with Crippen LogP contribution in [0.4, 0.5) is 5.69 Å². The Balaban J connectivity index is 1.77. The van der Waals surface area contributed by atoms with Crippen molar-refractivity contribution >= 4 is 39.4 Å². The Morgan fingerprint density at radius 1 is 1.33 bits per heavy atom. The number of nitrogens with one attached hydrogen (secondary N) is 1. The van der Waals surface area contributed by atoms with Gasteiger partial charge in [-0.25, -0.2) is 0 Å². The summed E-state index contributed by atoms with van der Waals surface area (Å²) in [6, 6.07) is 5.52. The zero-order valence-corrected chi connectivity index (χ0v) is 15.4. The first kappa shape index (κ1) is 18.4. The van der Waals surface area contributed by atoms with Crippen LogP contribution >= 0.6 is 15.9 Å². The van der Waals surface area contributed by atoms with E-state index in [-0.39, 0.29) is 30.9 Å². The molecule has 1 N–H and O–H groups in total. The molecule has 1 aromatic rings. The van der Waals surface area contributed by atoms with Gasteiger partial charge in [0.05, 0.1) is 12.5 Å². The Kier molecular flexibility index (Phi) is 6.36. The highest BCUT2D eigenvalue weighted by molar-refractivity contribution is 9.10. The van der Waals surface area contributed by atoms with Crippen molar-refractivity contribution in [2.75, 3.05) is 25.5 Å². The zero-order valence-electron chi connectivity index (χ0n) is 13.8. The summed E-state index contributed by atoms with van der Waals surface area (Å²) in [6.45, 7) is 1.46. The molecule has 1 aliphatic rings. The van der Waals surface area contributed by atoms with Crippen LogP contribution in [0, 0.1) is 12.8 Å². The molecular formula is C17H21BrN2O4. The standard InChI is InChI=1S/C17H21BrN2O4/c1-11-8-13(18)6-7-14(11)19-15(21)9-20(2)16(22)10-24-17(23)12-4-3-5-12/h6-8,12H,3-5,9-10H2,1-2H3,(H,19,21). The maximum atomic E-state index is 12.0. The summed E-state index contributed by atoms with van der Waals surface area (Å²) in [5.41, 5.74) is 1.61. The maximum absolute atomic E-state index is 12.0. The molecule has 0 aliphatic heterocycles. The van der Waals surface area contributed by atoms with E-state index >= 15 is 0 Å². The Hall–Kier alpha value is -1.89. The van der Waals surface area contributed by atoms with Crippen LogP contribution in [0.25, 0.3) is 0 Å². The second-order valence-corrected chi connectivity index (χ2v) is 6.91. The molecule has 0 radical (unpaired) electrons. The third-order valence-electron chi connectivity index (χ3n) is 4.05. The summed E-state index contributed by atoms with van der Waals surface area (Å²) in [7, 11) is 1.51. The molecule has 0 unspecified atom stereocenters. The fourth-order valence-electron chi connectivity index (χ4n) is 2.27. The van der Waals surface area contributed by atoms with Crippen LogP contribution in [0.2, 0.25) is 0 Å². The zero-order chi connectivity index (χ0) is 17.7. The number of carbonyl (C=O) groups excluding carboxylic acids is 3. The van der Waals surface area contributed by atoms with Gasteiger partial charge in [-0.15, -0.1) is 0 Å². The summed E-state index contributed by atoms with van der Waals surface area (Å²) >= 11 is 3.36. The number of hydrogen-bond acceptors (Lipinski definition) is 4. The molecule has 0 bridgehead atoms. The monoisotopic (exact) mass is 396 g/mol. The van der Waals surface area contributed by atoms with Crippen LogP contribution in [0.1, 0.15) is 24.8 Å². The van der Waals surface area contributed by atoms with E-state index in [0.717, 1.165) is 29.3 Å². The summed E-state index contributed by atoms with van der Waals surface area (Å²) in [4.78, 5) is 36.8. The van der Waals surface area contributed by atoms with Crippen molar-refractivity contribution in [3.05, 3.63) is 28.2 Å². The quantitative estimate of drug-likeness (QED) is 0.749. The second-order valence-electron chi connectivity index (χ2n) is 5.99. The van der Waals surface area contributed by atoms with Crippen LogP contribution in [-0.4, -0.2) is 42.9 Å². The van der Waals surface area contributed by atoms with Crippen molar-refractivity contribution in [2.45, 2.75) is 26.2 Å². The SMILES string of the molecule is Cc1cc(Br)ccc1NC(=O)CN(C)C(=O)COC(=O)C1CCC1. The molecule has 0 saturated heterocycles. The van der Waals surface area contributed by atoms with Crippen molar-refractivity contribution in [3.63, 3.8) is 0 Å². The molecule has 2 rings (SSSR count). The van der Waals surface area contributed by atoms with Crippen molar-refractivity contribution in [2.24, 2.45) is 5.92 Å². The molecule has 6 nitrogen and oxygen atoms in total. The summed E-state index contributed by atoms with van der Waals surface area (Å²) in [6.07, 6.45) is 2.69. The molecule has 7 heteroatoms. The summed E-state index contributed by atoms with van der Waals surface area (Å²) in [5.74, 6) is -1.09. The van der Waals surface area contributed by atoms with E-state index < -0.39 is 5.91 Å². The highest BCUT2D eigenvalue weighted by Gasteiger charge is 2.27. The molecule has 1 fully saturated rings. The van der Waals surface area contributed by atoms with Crippen LogP contribution in [0.15, 0.2) is 22.7 Å². The number of likely N-dealkylation sites (N-methyl/N-ethyl adjacent to an activating group) is 1. The number of hydrogen-bond donors (Lipinski definition) is 1. The van der Waals surface area contributed by atoms with E-state index in [2.05, 4.69) is 21.2 Å². The number of nitrogens with zero attached hydrogens (tertiary/aromatic N) is 1. The van der Waals surface area contributed by atoms with E-state index in [9.17, 15) is 14.4 Å². The number of anilines is 1. The predicted octanol–water partition coefficient (Wildman–Crippen LogP) is 2.50. The van der Waals surface area contributed by atoms with Gasteiger partial charge in [0, 0.05) is 17.2 Å². The number of halogens is 1. The third-order valence-corrected chi connectivity index (χ3v) is 4.54. The first-order valence-electron chi connectivity index (χ1n) is 7.83. The topological polar surface area (TPSA) is 75.7 Å². The number of ether oxygens (including phenoxy) is 1. The van der Waals surface area contributed by atoms with Crippen molar-refractivity contribution in [1.29, 1.82) is 0 Å². The Labute approximate surface area is 149 Å². The Morgan fingerprint density at radius 2 is 2.04 bits per heavy atom. The van der Waals surface area contributed by atoms with Gasteiger partial charge in [-0.05, 0) is 43.5 Å². The molecular weight excluding hydrogens is 376 g/mol. The van der Waals surface area contributed by atoms with E-state index in [1.54, 1.807) is 6.07 Å². The lowest BCUT2D eigenvalue weighted by molar-refractivity contribution is -0.157. The molecule has 0 heterocycles. The first-order valence-corrected chi connectivity index (χ1v) is 8.62. The molecule has 24 heavy (non-hydrogen) atoms. The highest BCUT2D eigenvalue weighted by atomic mass is 79.9. The fraction of sp³-hybridized carbons (Fsp3) is 0.471. The number of esters is 1. The second kappa shape index (κ2) is 8.28. The largest absolute Gasteiger partial charge is 0.455 e. The third kappa shape index (κ3) is 5.06. The van der Waals surface area contributed by atoms with E-state index in [4.69, 9.17) is 4.74 Å². The minimum absolute atomic E-state index is 0.0632. The van der Waals surface area contributed by atoms with E-state index in [1.807, 2.05) is 19.1 Å². The van der Waals surface area contributed by atoms with Gasteiger partial charge < -0.3 is 15.0 Å². The molecule has 1 saturated carbocycles. The number of aryl methyl sites for hydroxylation is 1. The van der Waals surface area contributed by atoms with Gasteiger partial charge in [0.2, 0.25) is 5.91 Å². The van der Waals surface area contributed by atoms with Crippen LogP contribution in [-0.2, 0) is 19.1 Å². The van der Waals surface area contributed by atoms with Crippen molar-refractivity contribution in [1.82, 2.24) is 4.90 Å². The van der Waals surface area contributed by atoms with Gasteiger partial charge in [-0.3, -0.25) is 14.4 Å². The van der Waals surface area contributed by atoms with Gasteiger partial charge in [0.1, 0.15) is 0 Å². The number of amides is 2. The van der Waals surface area contributed by atoms with Gasteiger partial charge >= 0.3 is 5.97 Å². The summed E-state index contributed by atoms with van der Waals surface area (Å²) in [5, 5.41) is 2.76. The van der Waals surface area contributed by atoms with E-state index in [1.165, 1.54) is 11.9 Å². The molecule has 1 aromatic carbocycles. The van der Waals surface area contributed by atoms with Gasteiger partial charge in [-0.1, -0.05) is 22.4 Å².